The van der Waals surface area contributed by atoms with Crippen molar-refractivity contribution in [2.24, 2.45) is 0 Å². The topological polar surface area (TPSA) is 104 Å². The molecule has 1 fully saturated rings. The Morgan fingerprint density at radius 2 is 1.62 bits per heavy atom. The summed E-state index contributed by atoms with van der Waals surface area (Å²) in [4.78, 5) is 24.1. The van der Waals surface area contributed by atoms with E-state index in [0.717, 1.165) is 30.9 Å². The highest BCUT2D eigenvalue weighted by molar-refractivity contribution is 7.89. The zero-order valence-electron chi connectivity index (χ0n) is 16.2. The molecule has 8 heteroatoms. The summed E-state index contributed by atoms with van der Waals surface area (Å²) in [5.74, 6) is -1.81. The van der Waals surface area contributed by atoms with Gasteiger partial charge in [0, 0.05) is 18.7 Å². The molecule has 1 saturated heterocycles. The number of hydrogen-bond donors (Lipinski definition) is 2. The van der Waals surface area contributed by atoms with Crippen LogP contribution in [0.25, 0.3) is 0 Å². The molecule has 0 spiro atoms. The van der Waals surface area contributed by atoms with Crippen molar-refractivity contribution < 1.29 is 23.1 Å². The van der Waals surface area contributed by atoms with Gasteiger partial charge in [-0.05, 0) is 43.5 Å². The van der Waals surface area contributed by atoms with E-state index >= 15 is 0 Å². The molecule has 0 unspecified atom stereocenters. The maximum atomic E-state index is 13.0. The number of rotatable bonds is 6. The number of nitrogens with one attached hydrogen (secondary N) is 1. The Bertz CT molecular complexity index is 999. The Balaban J connectivity index is 1.92. The van der Waals surface area contributed by atoms with E-state index in [2.05, 4.69) is 5.32 Å². The van der Waals surface area contributed by atoms with E-state index in [-0.39, 0.29) is 22.1 Å². The zero-order valence-corrected chi connectivity index (χ0v) is 17.0. The molecule has 0 radical (unpaired) electrons. The summed E-state index contributed by atoms with van der Waals surface area (Å²) in [5, 5.41) is 12.2. The second-order valence-corrected chi connectivity index (χ2v) is 9.06. The molecule has 1 aliphatic heterocycles. The van der Waals surface area contributed by atoms with Crippen molar-refractivity contribution >= 4 is 21.9 Å². The van der Waals surface area contributed by atoms with Crippen LogP contribution in [0.4, 0.5) is 0 Å². The molecule has 2 aromatic rings. The van der Waals surface area contributed by atoms with Gasteiger partial charge in [-0.1, -0.05) is 36.8 Å². The van der Waals surface area contributed by atoms with Crippen molar-refractivity contribution in [3.63, 3.8) is 0 Å². The van der Waals surface area contributed by atoms with Gasteiger partial charge < -0.3 is 10.4 Å². The molecule has 0 bridgehead atoms. The standard InChI is InChI=1S/C21H24N2O5S/c1-15(16-8-4-2-5-9-16)22-20(24)17-12-18(21(25)26)14-19(13-17)29(27,28)23-10-6-3-7-11-23/h2,4-5,8-9,12-15H,3,6-7,10-11H2,1H3,(H,22,24)(H,25,26)/t15-/m1/s1. The molecule has 2 N–H and O–H groups in total. The highest BCUT2D eigenvalue weighted by atomic mass is 32.2. The average molecular weight is 416 g/mol. The molecule has 1 atom stereocenters. The SMILES string of the molecule is C[C@@H](NC(=O)c1cc(C(=O)O)cc(S(=O)(=O)N2CCCCC2)c1)c1ccccc1. The molecular formula is C21H24N2O5S. The van der Waals surface area contributed by atoms with E-state index in [1.807, 2.05) is 30.3 Å². The number of aromatic carboxylic acids is 1. The number of carboxylic acid groups (broad SMARTS) is 1. The summed E-state index contributed by atoms with van der Waals surface area (Å²) < 4.78 is 27.3. The van der Waals surface area contributed by atoms with Crippen molar-refractivity contribution in [2.75, 3.05) is 13.1 Å². The number of nitrogens with zero attached hydrogens (tertiary/aromatic N) is 1. The highest BCUT2D eigenvalue weighted by Crippen LogP contribution is 2.23. The normalized spacial score (nSPS) is 16.2. The van der Waals surface area contributed by atoms with Crippen molar-refractivity contribution in [2.45, 2.75) is 37.1 Å². The van der Waals surface area contributed by atoms with Crippen molar-refractivity contribution in [3.05, 3.63) is 65.2 Å². The van der Waals surface area contributed by atoms with Gasteiger partial charge >= 0.3 is 5.97 Å². The Kier molecular flexibility index (Phi) is 6.34. The molecule has 1 heterocycles. The van der Waals surface area contributed by atoms with Crippen molar-refractivity contribution in [1.82, 2.24) is 9.62 Å². The van der Waals surface area contributed by atoms with Crippen molar-refractivity contribution in [1.29, 1.82) is 0 Å². The minimum Gasteiger partial charge on any atom is -0.478 e. The Hall–Kier alpha value is -2.71. The minimum atomic E-state index is -3.86. The van der Waals surface area contributed by atoms with Crippen LogP contribution in [0.3, 0.4) is 0 Å². The van der Waals surface area contributed by atoms with Crippen LogP contribution in [0.15, 0.2) is 53.4 Å². The maximum Gasteiger partial charge on any atom is 0.335 e. The summed E-state index contributed by atoms with van der Waals surface area (Å²) in [6.07, 6.45) is 2.49. The fourth-order valence-electron chi connectivity index (χ4n) is 3.36. The van der Waals surface area contributed by atoms with Crippen LogP contribution in [0.1, 0.15) is 58.5 Å². The van der Waals surface area contributed by atoms with E-state index in [1.165, 1.54) is 16.4 Å². The van der Waals surface area contributed by atoms with E-state index in [4.69, 9.17) is 0 Å². The summed E-state index contributed by atoms with van der Waals surface area (Å²) in [6, 6.07) is 12.6. The van der Waals surface area contributed by atoms with Crippen LogP contribution in [-0.2, 0) is 10.0 Å². The molecule has 2 aromatic carbocycles. The lowest BCUT2D eigenvalue weighted by Gasteiger charge is -2.26. The highest BCUT2D eigenvalue weighted by Gasteiger charge is 2.28. The van der Waals surface area contributed by atoms with E-state index in [0.29, 0.717) is 13.1 Å². The summed E-state index contributed by atoms with van der Waals surface area (Å²) in [6.45, 7) is 2.60. The Labute approximate surface area is 170 Å². The van der Waals surface area contributed by atoms with Gasteiger partial charge in [0.1, 0.15) is 0 Å². The predicted octanol–water partition coefficient (Wildman–Crippen LogP) is 3.05. The molecule has 29 heavy (non-hydrogen) atoms. The molecule has 7 nitrogen and oxygen atoms in total. The third-order valence-electron chi connectivity index (χ3n) is 5.02. The number of carboxylic acids is 1. The van der Waals surface area contributed by atoms with E-state index in [1.54, 1.807) is 6.92 Å². The van der Waals surface area contributed by atoms with Crippen molar-refractivity contribution in [3.8, 4) is 0 Å². The third-order valence-corrected chi connectivity index (χ3v) is 6.89. The zero-order chi connectivity index (χ0) is 21.0. The first kappa shape index (κ1) is 21.0. The van der Waals surface area contributed by atoms with Gasteiger partial charge in [0.25, 0.3) is 5.91 Å². The Morgan fingerprint density at radius 3 is 2.24 bits per heavy atom. The van der Waals surface area contributed by atoms with Crippen LogP contribution in [0, 0.1) is 0 Å². The van der Waals surface area contributed by atoms with Crippen LogP contribution in [0.5, 0.6) is 0 Å². The second-order valence-electron chi connectivity index (χ2n) is 7.12. The largest absolute Gasteiger partial charge is 0.478 e. The first-order valence-corrected chi connectivity index (χ1v) is 11.0. The lowest BCUT2D eigenvalue weighted by molar-refractivity contribution is 0.0696. The molecule has 1 amide bonds. The monoisotopic (exact) mass is 416 g/mol. The minimum absolute atomic E-state index is 0.00302. The number of hydrogen-bond acceptors (Lipinski definition) is 4. The average Bonchev–Trinajstić information content (AvgIpc) is 2.74. The molecular weight excluding hydrogens is 392 g/mol. The first-order valence-electron chi connectivity index (χ1n) is 9.53. The molecule has 1 aliphatic rings. The Morgan fingerprint density at radius 1 is 1.00 bits per heavy atom. The van der Waals surface area contributed by atoms with Crippen LogP contribution in [-0.4, -0.2) is 42.8 Å². The van der Waals surface area contributed by atoms with Gasteiger partial charge in [-0.2, -0.15) is 4.31 Å². The van der Waals surface area contributed by atoms with E-state index < -0.39 is 21.9 Å². The molecule has 0 saturated carbocycles. The fourth-order valence-corrected chi connectivity index (χ4v) is 4.95. The van der Waals surface area contributed by atoms with Gasteiger partial charge in [0.2, 0.25) is 10.0 Å². The number of carbonyl (C=O) groups is 2. The quantitative estimate of drug-likeness (QED) is 0.753. The lowest BCUT2D eigenvalue weighted by atomic mass is 10.1. The van der Waals surface area contributed by atoms with Gasteiger partial charge in [-0.3, -0.25) is 4.79 Å². The number of benzene rings is 2. The van der Waals surface area contributed by atoms with Gasteiger partial charge in [-0.25, -0.2) is 13.2 Å². The number of amides is 1. The third kappa shape index (κ3) is 4.83. The summed E-state index contributed by atoms with van der Waals surface area (Å²) >= 11 is 0. The molecule has 154 valence electrons. The molecule has 0 aliphatic carbocycles. The molecule has 3 rings (SSSR count). The summed E-state index contributed by atoms with van der Waals surface area (Å²) in [7, 11) is -3.86. The van der Waals surface area contributed by atoms with Crippen LogP contribution < -0.4 is 5.32 Å². The summed E-state index contributed by atoms with van der Waals surface area (Å²) in [5.41, 5.74) is 0.653. The number of carbonyl (C=O) groups excluding carboxylic acids is 1. The first-order chi connectivity index (χ1) is 13.8. The fraction of sp³-hybridized carbons (Fsp3) is 0.333. The molecule has 0 aromatic heterocycles. The van der Waals surface area contributed by atoms with Crippen LogP contribution >= 0.6 is 0 Å². The van der Waals surface area contributed by atoms with E-state index in [9.17, 15) is 23.1 Å². The van der Waals surface area contributed by atoms with Gasteiger partial charge in [-0.15, -0.1) is 0 Å². The van der Waals surface area contributed by atoms with Crippen LogP contribution in [0.2, 0.25) is 0 Å². The lowest BCUT2D eigenvalue weighted by Crippen LogP contribution is -2.36. The number of piperidine rings is 1. The maximum absolute atomic E-state index is 13.0. The predicted molar refractivity (Wildman–Crippen MR) is 108 cm³/mol. The van der Waals surface area contributed by atoms with Gasteiger partial charge in [0.15, 0.2) is 0 Å². The second kappa shape index (κ2) is 8.75. The smallest absolute Gasteiger partial charge is 0.335 e. The number of sulfonamides is 1. The van der Waals surface area contributed by atoms with Gasteiger partial charge in [0.05, 0.1) is 16.5 Å².